The van der Waals surface area contributed by atoms with Crippen molar-refractivity contribution in [2.45, 2.75) is 40.7 Å². The number of hydrogen-bond donors (Lipinski definition) is 1. The number of carbonyl (C=O) groups is 3. The van der Waals surface area contributed by atoms with Gasteiger partial charge in [-0.15, -0.1) is 0 Å². The molecule has 1 amide bonds. The molecule has 1 atom stereocenters. The van der Waals surface area contributed by atoms with Gasteiger partial charge in [0, 0.05) is 6.20 Å². The Balaban J connectivity index is 1.76. The van der Waals surface area contributed by atoms with Crippen LogP contribution in [0.2, 0.25) is 0 Å². The Kier molecular flexibility index (Phi) is 7.99. The van der Waals surface area contributed by atoms with Gasteiger partial charge in [-0.2, -0.15) is 0 Å². The minimum absolute atomic E-state index is 0.114. The molecule has 4 heterocycles. The molecule has 3 aromatic heterocycles. The average molecular weight is 591 g/mol. The van der Waals surface area contributed by atoms with Crippen molar-refractivity contribution < 1.29 is 33.7 Å². The molecule has 0 aliphatic carbocycles. The number of ether oxygens (including phenoxy) is 3. The molecular weight excluding hydrogens is 560 g/mol. The number of aliphatic hydroxyl groups excluding tert-OH is 1. The Bertz CT molecular complexity index is 1740. The van der Waals surface area contributed by atoms with Crippen LogP contribution in [0.15, 0.2) is 48.2 Å². The molecular formula is C30H30N4O7S. The molecule has 0 bridgehead atoms. The van der Waals surface area contributed by atoms with E-state index in [0.29, 0.717) is 47.3 Å². The molecule has 1 N–H and O–H groups in total. The lowest BCUT2D eigenvalue weighted by atomic mass is 9.96. The Labute approximate surface area is 246 Å². The molecule has 4 aromatic rings. The summed E-state index contributed by atoms with van der Waals surface area (Å²) in [5, 5.41) is 11.9. The zero-order chi connectivity index (χ0) is 30.1. The lowest BCUT2D eigenvalue weighted by Gasteiger charge is -2.24. The number of ketones is 1. The summed E-state index contributed by atoms with van der Waals surface area (Å²) in [6.45, 7) is 9.63. The standard InChI is InChI=1S/C30H30N4O7S/c1-6-39-19-13-12-18(15-20(19)40-7-2)24-22(25(35)23-16(4)31-21-11-9-10-14-33(21)23)26(36)28(37)34(24)30-32-17(5)27(42-30)29(38)41-8-3/h9-15,24,35H,6-8H2,1-5H3. The van der Waals surface area contributed by atoms with Gasteiger partial charge in [0.1, 0.15) is 16.2 Å². The number of rotatable bonds is 9. The molecule has 0 saturated carbocycles. The summed E-state index contributed by atoms with van der Waals surface area (Å²) >= 11 is 0.941. The molecule has 0 spiro atoms. The van der Waals surface area contributed by atoms with E-state index in [-0.39, 0.29) is 33.6 Å². The molecule has 5 rings (SSSR count). The zero-order valence-corrected chi connectivity index (χ0v) is 24.7. The summed E-state index contributed by atoms with van der Waals surface area (Å²) in [4.78, 5) is 50.5. The highest BCUT2D eigenvalue weighted by Gasteiger charge is 2.49. The van der Waals surface area contributed by atoms with Gasteiger partial charge in [0.25, 0.3) is 5.78 Å². The van der Waals surface area contributed by atoms with Crippen LogP contribution in [-0.2, 0) is 14.3 Å². The summed E-state index contributed by atoms with van der Waals surface area (Å²) in [6.07, 6.45) is 1.72. The largest absolute Gasteiger partial charge is 0.505 e. The second-order valence-corrected chi connectivity index (χ2v) is 10.3. The highest BCUT2D eigenvalue weighted by atomic mass is 32.1. The summed E-state index contributed by atoms with van der Waals surface area (Å²) in [7, 11) is 0. The molecule has 42 heavy (non-hydrogen) atoms. The number of thiazole rings is 1. The summed E-state index contributed by atoms with van der Waals surface area (Å²) < 4.78 is 18.4. The van der Waals surface area contributed by atoms with Gasteiger partial charge in [0.05, 0.1) is 42.8 Å². The van der Waals surface area contributed by atoms with E-state index in [1.807, 2.05) is 19.9 Å². The number of anilines is 1. The lowest BCUT2D eigenvalue weighted by Crippen LogP contribution is -2.29. The number of benzene rings is 1. The SMILES string of the molecule is CCOC(=O)c1sc(N2C(=O)C(=O)C(=C(O)c3c(C)nc4ccccn34)C2c2ccc(OCC)c(OCC)c2)nc1C. The quantitative estimate of drug-likeness (QED) is 0.124. The third-order valence-corrected chi connectivity index (χ3v) is 7.85. The van der Waals surface area contributed by atoms with Gasteiger partial charge in [-0.25, -0.2) is 14.8 Å². The van der Waals surface area contributed by atoms with E-state index in [1.54, 1.807) is 61.7 Å². The summed E-state index contributed by atoms with van der Waals surface area (Å²) in [5.74, 6) is -1.86. The number of aryl methyl sites for hydroxylation is 2. The van der Waals surface area contributed by atoms with Crippen molar-refractivity contribution in [3.8, 4) is 11.5 Å². The molecule has 1 unspecified atom stereocenters. The van der Waals surface area contributed by atoms with Gasteiger partial charge in [-0.05, 0) is 64.4 Å². The highest BCUT2D eigenvalue weighted by molar-refractivity contribution is 7.17. The van der Waals surface area contributed by atoms with Crippen LogP contribution in [0.25, 0.3) is 11.4 Å². The summed E-state index contributed by atoms with van der Waals surface area (Å²) in [6, 6.07) is 9.34. The monoisotopic (exact) mass is 590 g/mol. The van der Waals surface area contributed by atoms with Gasteiger partial charge < -0.3 is 19.3 Å². The van der Waals surface area contributed by atoms with Crippen LogP contribution < -0.4 is 14.4 Å². The number of hydrogen-bond acceptors (Lipinski definition) is 10. The van der Waals surface area contributed by atoms with Crippen molar-refractivity contribution in [1.29, 1.82) is 0 Å². The predicted molar refractivity (Wildman–Crippen MR) is 156 cm³/mol. The van der Waals surface area contributed by atoms with Gasteiger partial charge >= 0.3 is 11.9 Å². The first-order chi connectivity index (χ1) is 20.2. The fourth-order valence-electron chi connectivity index (χ4n) is 4.98. The highest BCUT2D eigenvalue weighted by Crippen LogP contribution is 2.46. The number of amides is 1. The third-order valence-electron chi connectivity index (χ3n) is 6.71. The fourth-order valence-corrected chi connectivity index (χ4v) is 5.97. The molecule has 1 aliphatic rings. The maximum Gasteiger partial charge on any atom is 0.350 e. The minimum Gasteiger partial charge on any atom is -0.505 e. The van der Waals surface area contributed by atoms with E-state index < -0.39 is 23.7 Å². The molecule has 1 fully saturated rings. The molecule has 12 heteroatoms. The van der Waals surface area contributed by atoms with E-state index in [4.69, 9.17) is 14.2 Å². The number of imidazole rings is 1. The van der Waals surface area contributed by atoms with Crippen LogP contribution in [0, 0.1) is 13.8 Å². The Morgan fingerprint density at radius 2 is 1.71 bits per heavy atom. The van der Waals surface area contributed by atoms with E-state index in [0.717, 1.165) is 11.3 Å². The number of carbonyl (C=O) groups excluding carboxylic acids is 3. The Morgan fingerprint density at radius 1 is 0.976 bits per heavy atom. The molecule has 1 aliphatic heterocycles. The number of aliphatic hydroxyl groups is 1. The molecule has 1 aromatic carbocycles. The number of nitrogens with zero attached hydrogens (tertiary/aromatic N) is 4. The molecule has 11 nitrogen and oxygen atoms in total. The van der Waals surface area contributed by atoms with Crippen LogP contribution in [0.5, 0.6) is 11.5 Å². The van der Waals surface area contributed by atoms with Crippen molar-refractivity contribution in [1.82, 2.24) is 14.4 Å². The topological polar surface area (TPSA) is 133 Å². The van der Waals surface area contributed by atoms with Crippen molar-refractivity contribution in [3.63, 3.8) is 0 Å². The first-order valence-corrected chi connectivity index (χ1v) is 14.3. The van der Waals surface area contributed by atoms with Crippen LogP contribution in [-0.4, -0.2) is 57.0 Å². The second-order valence-electron chi connectivity index (χ2n) is 9.35. The fraction of sp³-hybridized carbons (Fsp3) is 0.300. The maximum atomic E-state index is 13.8. The maximum absolute atomic E-state index is 13.8. The van der Waals surface area contributed by atoms with Crippen molar-refractivity contribution in [2.24, 2.45) is 0 Å². The van der Waals surface area contributed by atoms with Crippen LogP contribution >= 0.6 is 11.3 Å². The van der Waals surface area contributed by atoms with E-state index in [9.17, 15) is 19.5 Å². The van der Waals surface area contributed by atoms with Crippen molar-refractivity contribution >= 4 is 45.5 Å². The Morgan fingerprint density at radius 3 is 2.43 bits per heavy atom. The van der Waals surface area contributed by atoms with E-state index in [2.05, 4.69) is 9.97 Å². The number of Topliss-reactive ketones (excluding diaryl/α,β-unsaturated/α-hetero) is 1. The van der Waals surface area contributed by atoms with Gasteiger partial charge in [-0.1, -0.05) is 23.5 Å². The number of fused-ring (bicyclic) bond motifs is 1. The van der Waals surface area contributed by atoms with Crippen molar-refractivity contribution in [2.75, 3.05) is 24.7 Å². The molecule has 1 saturated heterocycles. The minimum atomic E-state index is -1.10. The van der Waals surface area contributed by atoms with Crippen LogP contribution in [0.1, 0.15) is 59.1 Å². The van der Waals surface area contributed by atoms with Crippen LogP contribution in [0.3, 0.4) is 0 Å². The average Bonchev–Trinajstić information content (AvgIpc) is 3.60. The normalized spacial score (nSPS) is 16.3. The number of pyridine rings is 1. The Hall–Kier alpha value is -4.71. The smallest absolute Gasteiger partial charge is 0.350 e. The van der Waals surface area contributed by atoms with Gasteiger partial charge in [0.15, 0.2) is 22.4 Å². The van der Waals surface area contributed by atoms with Crippen molar-refractivity contribution in [3.05, 3.63) is 75.7 Å². The third kappa shape index (κ3) is 4.87. The van der Waals surface area contributed by atoms with E-state index in [1.165, 1.54) is 4.90 Å². The molecule has 0 radical (unpaired) electrons. The zero-order valence-electron chi connectivity index (χ0n) is 23.8. The van der Waals surface area contributed by atoms with Crippen LogP contribution in [0.4, 0.5) is 5.13 Å². The first-order valence-electron chi connectivity index (χ1n) is 13.5. The second kappa shape index (κ2) is 11.6. The van der Waals surface area contributed by atoms with Gasteiger partial charge in [0.2, 0.25) is 0 Å². The molecule has 218 valence electrons. The number of esters is 1. The first kappa shape index (κ1) is 28.8. The lowest BCUT2D eigenvalue weighted by molar-refractivity contribution is -0.132. The summed E-state index contributed by atoms with van der Waals surface area (Å²) in [5.41, 5.74) is 2.00. The van der Waals surface area contributed by atoms with Gasteiger partial charge in [-0.3, -0.25) is 18.9 Å². The number of aromatic nitrogens is 3. The van der Waals surface area contributed by atoms with E-state index >= 15 is 0 Å². The predicted octanol–water partition coefficient (Wildman–Crippen LogP) is 5.01.